The topological polar surface area (TPSA) is 70.3 Å². The molecule has 0 spiro atoms. The summed E-state index contributed by atoms with van der Waals surface area (Å²) in [6, 6.07) is 8.00. The van der Waals surface area contributed by atoms with E-state index in [9.17, 15) is 13.6 Å². The monoisotopic (exact) mass is 275 g/mol. The van der Waals surface area contributed by atoms with E-state index in [1.54, 1.807) is 6.07 Å². The quantitative estimate of drug-likeness (QED) is 0.932. The lowest BCUT2D eigenvalue weighted by Gasteiger charge is -2.09. The fourth-order valence-electron chi connectivity index (χ4n) is 1.53. The predicted molar refractivity (Wildman–Crippen MR) is 64.5 cm³/mol. The lowest BCUT2D eigenvalue weighted by atomic mass is 10.2. The number of hydrogen-bond acceptors (Lipinski definition) is 3. The molecule has 6 heteroatoms. The summed E-state index contributed by atoms with van der Waals surface area (Å²) >= 11 is 0. The van der Waals surface area contributed by atoms with Gasteiger partial charge in [-0.25, -0.2) is 13.6 Å². The van der Waals surface area contributed by atoms with Crippen molar-refractivity contribution < 1.29 is 23.4 Å². The molecule has 2 rings (SSSR count). The van der Waals surface area contributed by atoms with Crippen molar-refractivity contribution in [3.05, 3.63) is 59.2 Å². The average molecular weight is 275 g/mol. The van der Waals surface area contributed by atoms with Crippen LogP contribution in [0, 0.1) is 23.0 Å². The number of ether oxygens (including phenoxy) is 1. The van der Waals surface area contributed by atoms with Crippen molar-refractivity contribution in [3.8, 4) is 17.6 Å². The average Bonchev–Trinajstić information content (AvgIpc) is 2.40. The first kappa shape index (κ1) is 13.5. The summed E-state index contributed by atoms with van der Waals surface area (Å²) in [5.41, 5.74) is -0.206. The highest BCUT2D eigenvalue weighted by atomic mass is 19.1. The summed E-state index contributed by atoms with van der Waals surface area (Å²) in [4.78, 5) is 11.0. The summed E-state index contributed by atoms with van der Waals surface area (Å²) in [7, 11) is 0. The highest BCUT2D eigenvalue weighted by molar-refractivity contribution is 5.90. The van der Waals surface area contributed by atoms with E-state index < -0.39 is 17.6 Å². The Morgan fingerprint density at radius 2 is 1.90 bits per heavy atom. The van der Waals surface area contributed by atoms with Gasteiger partial charge in [0.1, 0.15) is 17.1 Å². The molecular weight excluding hydrogens is 268 g/mol. The third kappa shape index (κ3) is 2.72. The van der Waals surface area contributed by atoms with Gasteiger partial charge in [0, 0.05) is 6.07 Å². The molecule has 0 saturated carbocycles. The van der Waals surface area contributed by atoms with Gasteiger partial charge in [-0.2, -0.15) is 5.26 Å². The number of nitrogens with zero attached hydrogens (tertiary/aromatic N) is 1. The Morgan fingerprint density at radius 3 is 2.50 bits per heavy atom. The first-order valence-corrected chi connectivity index (χ1v) is 5.41. The van der Waals surface area contributed by atoms with Crippen LogP contribution in [0.25, 0.3) is 0 Å². The standard InChI is InChI=1S/C14H7F2NO3/c15-9-2-3-10(14(18)19)13(6-9)20-12-4-1-8(7-17)5-11(12)16/h1-6H,(H,18,19). The first-order chi connectivity index (χ1) is 9.51. The van der Waals surface area contributed by atoms with Gasteiger partial charge < -0.3 is 9.84 Å². The lowest BCUT2D eigenvalue weighted by Crippen LogP contribution is -2.01. The molecule has 4 nitrogen and oxygen atoms in total. The van der Waals surface area contributed by atoms with Crippen LogP contribution in [0.5, 0.6) is 11.5 Å². The van der Waals surface area contributed by atoms with E-state index in [1.165, 1.54) is 12.1 Å². The number of carbonyl (C=O) groups is 1. The highest BCUT2D eigenvalue weighted by Gasteiger charge is 2.15. The van der Waals surface area contributed by atoms with Gasteiger partial charge >= 0.3 is 5.97 Å². The number of rotatable bonds is 3. The van der Waals surface area contributed by atoms with E-state index in [1.807, 2.05) is 0 Å². The zero-order valence-electron chi connectivity index (χ0n) is 9.93. The van der Waals surface area contributed by atoms with Gasteiger partial charge in [-0.05, 0) is 30.3 Å². The predicted octanol–water partition coefficient (Wildman–Crippen LogP) is 3.33. The Morgan fingerprint density at radius 1 is 1.15 bits per heavy atom. The zero-order chi connectivity index (χ0) is 14.7. The van der Waals surface area contributed by atoms with Crippen LogP contribution in [0.1, 0.15) is 15.9 Å². The number of carboxylic acids is 1. The largest absolute Gasteiger partial charge is 0.478 e. The second-order valence-corrected chi connectivity index (χ2v) is 3.80. The maximum atomic E-state index is 13.6. The SMILES string of the molecule is N#Cc1ccc(Oc2cc(F)ccc2C(=O)O)c(F)c1. The van der Waals surface area contributed by atoms with Crippen LogP contribution in [0.15, 0.2) is 36.4 Å². The van der Waals surface area contributed by atoms with E-state index in [4.69, 9.17) is 15.1 Å². The number of benzene rings is 2. The second-order valence-electron chi connectivity index (χ2n) is 3.80. The molecule has 0 aliphatic heterocycles. The fourth-order valence-corrected chi connectivity index (χ4v) is 1.53. The Kier molecular flexibility index (Phi) is 3.62. The number of carboxylic acid groups (broad SMARTS) is 1. The van der Waals surface area contributed by atoms with Gasteiger partial charge in [0.05, 0.1) is 11.6 Å². The molecule has 100 valence electrons. The molecule has 0 heterocycles. The summed E-state index contributed by atoms with van der Waals surface area (Å²) in [5.74, 6) is -3.49. The van der Waals surface area contributed by atoms with Crippen molar-refractivity contribution in [1.82, 2.24) is 0 Å². The summed E-state index contributed by atoms with van der Waals surface area (Å²) in [6.07, 6.45) is 0. The van der Waals surface area contributed by atoms with Gasteiger partial charge in [0.2, 0.25) is 0 Å². The summed E-state index contributed by atoms with van der Waals surface area (Å²) in [6.45, 7) is 0. The summed E-state index contributed by atoms with van der Waals surface area (Å²) in [5, 5.41) is 17.6. The summed E-state index contributed by atoms with van der Waals surface area (Å²) < 4.78 is 31.8. The number of hydrogen-bond donors (Lipinski definition) is 1. The van der Waals surface area contributed by atoms with Crippen LogP contribution >= 0.6 is 0 Å². The first-order valence-electron chi connectivity index (χ1n) is 5.41. The van der Waals surface area contributed by atoms with E-state index in [-0.39, 0.29) is 22.6 Å². The molecule has 0 aliphatic carbocycles. The molecule has 0 aromatic heterocycles. The van der Waals surface area contributed by atoms with Gasteiger partial charge in [0.25, 0.3) is 0 Å². The molecule has 2 aromatic rings. The van der Waals surface area contributed by atoms with E-state index in [2.05, 4.69) is 0 Å². The Hall–Kier alpha value is -2.94. The van der Waals surface area contributed by atoms with Crippen LogP contribution in [-0.4, -0.2) is 11.1 Å². The normalized spacial score (nSPS) is 9.85. The molecule has 2 aromatic carbocycles. The molecule has 0 atom stereocenters. The van der Waals surface area contributed by atoms with Gasteiger partial charge in [-0.3, -0.25) is 0 Å². The maximum absolute atomic E-state index is 13.6. The minimum atomic E-state index is -1.32. The van der Waals surface area contributed by atoms with Crippen molar-refractivity contribution in [2.75, 3.05) is 0 Å². The van der Waals surface area contributed by atoms with Crippen LogP contribution in [0.2, 0.25) is 0 Å². The van der Waals surface area contributed by atoms with Crippen LogP contribution in [-0.2, 0) is 0 Å². The Balaban J connectivity index is 2.42. The van der Waals surface area contributed by atoms with Crippen LogP contribution < -0.4 is 4.74 Å². The van der Waals surface area contributed by atoms with Gasteiger partial charge in [0.15, 0.2) is 11.6 Å². The molecule has 1 N–H and O–H groups in total. The Bertz CT molecular complexity index is 723. The van der Waals surface area contributed by atoms with Gasteiger partial charge in [-0.15, -0.1) is 0 Å². The maximum Gasteiger partial charge on any atom is 0.339 e. The van der Waals surface area contributed by atoms with Gasteiger partial charge in [-0.1, -0.05) is 0 Å². The second kappa shape index (κ2) is 5.36. The molecule has 0 bridgehead atoms. The number of aromatic carboxylic acids is 1. The molecule has 20 heavy (non-hydrogen) atoms. The number of nitriles is 1. The third-order valence-electron chi connectivity index (χ3n) is 2.45. The van der Waals surface area contributed by atoms with Crippen molar-refractivity contribution >= 4 is 5.97 Å². The molecule has 0 aliphatic rings. The fraction of sp³-hybridized carbons (Fsp3) is 0. The van der Waals surface area contributed by atoms with Crippen molar-refractivity contribution in [2.45, 2.75) is 0 Å². The lowest BCUT2D eigenvalue weighted by molar-refractivity contribution is 0.0694. The molecule has 0 amide bonds. The van der Waals surface area contributed by atoms with Crippen LogP contribution in [0.3, 0.4) is 0 Å². The third-order valence-corrected chi connectivity index (χ3v) is 2.45. The van der Waals surface area contributed by atoms with Crippen molar-refractivity contribution in [3.63, 3.8) is 0 Å². The Labute approximate surface area is 112 Å². The number of halogens is 2. The van der Waals surface area contributed by atoms with E-state index in [0.717, 1.165) is 24.3 Å². The molecule has 0 radical (unpaired) electrons. The minimum absolute atomic E-state index is 0.0903. The smallest absolute Gasteiger partial charge is 0.339 e. The van der Waals surface area contributed by atoms with Crippen molar-refractivity contribution in [1.29, 1.82) is 5.26 Å². The molecular formula is C14H7F2NO3. The van der Waals surface area contributed by atoms with E-state index >= 15 is 0 Å². The molecule has 0 saturated heterocycles. The van der Waals surface area contributed by atoms with Crippen LogP contribution in [0.4, 0.5) is 8.78 Å². The van der Waals surface area contributed by atoms with Crippen molar-refractivity contribution in [2.24, 2.45) is 0 Å². The highest BCUT2D eigenvalue weighted by Crippen LogP contribution is 2.28. The van der Waals surface area contributed by atoms with E-state index in [0.29, 0.717) is 0 Å². The minimum Gasteiger partial charge on any atom is -0.478 e. The zero-order valence-corrected chi connectivity index (χ0v) is 9.93. The molecule has 0 unspecified atom stereocenters. The molecule has 0 fully saturated rings.